The van der Waals surface area contributed by atoms with E-state index in [0.29, 0.717) is 19.6 Å². The second-order valence-corrected chi connectivity index (χ2v) is 9.99. The first-order chi connectivity index (χ1) is 18.1. The third-order valence-corrected chi connectivity index (χ3v) is 7.52. The number of pyridine rings is 1. The number of likely N-dealkylation sites (tertiary alicyclic amines) is 1. The van der Waals surface area contributed by atoms with Gasteiger partial charge in [-0.2, -0.15) is 0 Å². The topological polar surface area (TPSA) is 80.8 Å². The van der Waals surface area contributed by atoms with Crippen molar-refractivity contribution < 1.29 is 19.1 Å². The van der Waals surface area contributed by atoms with Crippen molar-refractivity contribution in [1.82, 2.24) is 15.2 Å². The Kier molecular flexibility index (Phi) is 6.28. The molecule has 1 N–H and O–H groups in total. The average Bonchev–Trinajstić information content (AvgIpc) is 3.56. The number of para-hydroxylation sites is 1. The fourth-order valence-corrected chi connectivity index (χ4v) is 5.65. The van der Waals surface area contributed by atoms with Crippen LogP contribution in [0, 0.1) is 5.92 Å². The minimum absolute atomic E-state index is 0.00664. The number of carbonyl (C=O) groups excluding carboxylic acids is 2. The molecule has 3 aromatic rings. The normalized spacial score (nSPS) is 19.3. The Hall–Kier alpha value is -3.87. The number of carbonyl (C=O) groups is 2. The fourth-order valence-electron chi connectivity index (χ4n) is 5.65. The Morgan fingerprint density at radius 3 is 2.89 bits per heavy atom. The summed E-state index contributed by atoms with van der Waals surface area (Å²) in [5.74, 6) is 1.41. The molecule has 1 atom stereocenters. The first kappa shape index (κ1) is 23.5. The van der Waals surface area contributed by atoms with Gasteiger partial charge in [0.05, 0.1) is 22.7 Å². The van der Waals surface area contributed by atoms with E-state index in [1.807, 2.05) is 54.3 Å². The zero-order valence-corrected chi connectivity index (χ0v) is 21.1. The number of aromatic nitrogens is 1. The van der Waals surface area contributed by atoms with E-state index in [1.165, 1.54) is 0 Å². The van der Waals surface area contributed by atoms with Crippen LogP contribution < -0.4 is 14.8 Å². The predicted molar refractivity (Wildman–Crippen MR) is 142 cm³/mol. The van der Waals surface area contributed by atoms with Crippen LogP contribution in [0.1, 0.15) is 59.8 Å². The number of piperidine rings is 1. The molecule has 1 fully saturated rings. The van der Waals surface area contributed by atoms with Gasteiger partial charge in [-0.25, -0.2) is 4.98 Å². The molecule has 190 valence electrons. The number of ether oxygens (including phenoxy) is 2. The summed E-state index contributed by atoms with van der Waals surface area (Å²) in [6, 6.07) is 13.8. The molecule has 0 radical (unpaired) electrons. The summed E-state index contributed by atoms with van der Waals surface area (Å²) in [6.45, 7) is 4.09. The largest absolute Gasteiger partial charge is 0.454 e. The van der Waals surface area contributed by atoms with E-state index in [2.05, 4.69) is 11.4 Å². The van der Waals surface area contributed by atoms with Crippen LogP contribution in [0.4, 0.5) is 0 Å². The Morgan fingerprint density at radius 2 is 2.00 bits per heavy atom. The molecule has 0 spiro atoms. The molecule has 6 rings (SSSR count). The quantitative estimate of drug-likeness (QED) is 0.546. The average molecular weight is 498 g/mol. The molecule has 1 saturated heterocycles. The van der Waals surface area contributed by atoms with Crippen molar-refractivity contribution in [3.63, 3.8) is 0 Å². The van der Waals surface area contributed by atoms with Crippen LogP contribution >= 0.6 is 0 Å². The number of nitrogens with zero attached hydrogens (tertiary/aromatic N) is 2. The summed E-state index contributed by atoms with van der Waals surface area (Å²) in [7, 11) is 0. The van der Waals surface area contributed by atoms with Crippen LogP contribution in [-0.2, 0) is 11.2 Å². The lowest BCUT2D eigenvalue weighted by Crippen LogP contribution is -2.45. The van der Waals surface area contributed by atoms with Gasteiger partial charge in [-0.05, 0) is 73.1 Å². The molecule has 1 aliphatic carbocycles. The van der Waals surface area contributed by atoms with Gasteiger partial charge in [-0.3, -0.25) is 9.59 Å². The lowest BCUT2D eigenvalue weighted by molar-refractivity contribution is -0.126. The molecule has 0 bridgehead atoms. The highest BCUT2D eigenvalue weighted by atomic mass is 16.7. The zero-order chi connectivity index (χ0) is 25.4. The first-order valence-corrected chi connectivity index (χ1v) is 13.2. The summed E-state index contributed by atoms with van der Waals surface area (Å²) >= 11 is 0. The summed E-state index contributed by atoms with van der Waals surface area (Å²) in [6.07, 6.45) is 6.26. The van der Waals surface area contributed by atoms with Gasteiger partial charge in [-0.15, -0.1) is 0 Å². The van der Waals surface area contributed by atoms with Crippen molar-refractivity contribution in [2.45, 2.75) is 39.0 Å². The van der Waals surface area contributed by atoms with Crippen LogP contribution in [0.15, 0.2) is 42.5 Å². The SMILES string of the molecule is CCCNC(=O)C1CCCN(C(=O)c2c3c(nc4ccccc24)/C(=C\c2ccc4c(c2)OCO4)CC3)C1. The molecule has 7 nitrogen and oxygen atoms in total. The molecular formula is C30H31N3O4. The van der Waals surface area contributed by atoms with Crippen molar-refractivity contribution in [1.29, 1.82) is 0 Å². The number of hydrogen-bond donors (Lipinski definition) is 1. The van der Waals surface area contributed by atoms with Crippen LogP contribution in [0.25, 0.3) is 22.6 Å². The van der Waals surface area contributed by atoms with Gasteiger partial charge in [0.15, 0.2) is 11.5 Å². The molecule has 1 unspecified atom stereocenters. The highest BCUT2D eigenvalue weighted by molar-refractivity contribution is 6.09. The van der Waals surface area contributed by atoms with Gasteiger partial charge in [0.1, 0.15) is 0 Å². The van der Waals surface area contributed by atoms with Crippen molar-refractivity contribution in [2.75, 3.05) is 26.4 Å². The van der Waals surface area contributed by atoms with Crippen molar-refractivity contribution in [3.8, 4) is 11.5 Å². The van der Waals surface area contributed by atoms with E-state index >= 15 is 0 Å². The lowest BCUT2D eigenvalue weighted by atomic mass is 9.94. The number of rotatable bonds is 5. The smallest absolute Gasteiger partial charge is 0.254 e. The van der Waals surface area contributed by atoms with Gasteiger partial charge < -0.3 is 19.7 Å². The molecule has 3 heterocycles. The minimum Gasteiger partial charge on any atom is -0.454 e. The number of fused-ring (bicyclic) bond motifs is 3. The maximum atomic E-state index is 14.1. The van der Waals surface area contributed by atoms with Crippen molar-refractivity contribution in [3.05, 3.63) is 64.8 Å². The summed E-state index contributed by atoms with van der Waals surface area (Å²) in [5.41, 5.74) is 5.60. The van der Waals surface area contributed by atoms with Crippen LogP contribution in [0.2, 0.25) is 0 Å². The van der Waals surface area contributed by atoms with E-state index in [0.717, 1.165) is 82.5 Å². The molecule has 3 aliphatic rings. The monoisotopic (exact) mass is 497 g/mol. The van der Waals surface area contributed by atoms with Gasteiger partial charge in [-0.1, -0.05) is 31.2 Å². The third kappa shape index (κ3) is 4.43. The van der Waals surface area contributed by atoms with E-state index in [1.54, 1.807) is 0 Å². The second kappa shape index (κ2) is 9.88. The Balaban J connectivity index is 1.36. The summed E-state index contributed by atoms with van der Waals surface area (Å²) in [5, 5.41) is 3.89. The van der Waals surface area contributed by atoms with Gasteiger partial charge in [0.2, 0.25) is 12.7 Å². The van der Waals surface area contributed by atoms with E-state index in [4.69, 9.17) is 14.5 Å². The highest BCUT2D eigenvalue weighted by Crippen LogP contribution is 2.40. The standard InChI is InChI=1S/C30H31N3O4/c1-2-13-31-29(34)21-6-5-14-33(17-21)30(35)27-22-7-3-4-8-24(22)32-28-20(10-11-23(27)28)15-19-9-12-25-26(16-19)37-18-36-25/h3-4,7-9,12,15-16,21H,2,5-6,10-11,13-14,17-18H2,1H3,(H,31,34)/b20-15-. The maximum Gasteiger partial charge on any atom is 0.254 e. The first-order valence-electron chi connectivity index (χ1n) is 13.2. The summed E-state index contributed by atoms with van der Waals surface area (Å²) < 4.78 is 11.0. The molecule has 0 saturated carbocycles. The Bertz CT molecular complexity index is 1410. The predicted octanol–water partition coefficient (Wildman–Crippen LogP) is 4.83. The van der Waals surface area contributed by atoms with E-state index in [-0.39, 0.29) is 24.5 Å². The summed E-state index contributed by atoms with van der Waals surface area (Å²) in [4.78, 5) is 33.6. The number of amides is 2. The maximum absolute atomic E-state index is 14.1. The fraction of sp³-hybridized carbons (Fsp3) is 0.367. The van der Waals surface area contributed by atoms with E-state index < -0.39 is 0 Å². The zero-order valence-electron chi connectivity index (χ0n) is 21.1. The van der Waals surface area contributed by atoms with Crippen LogP contribution in [0.5, 0.6) is 11.5 Å². The van der Waals surface area contributed by atoms with Crippen molar-refractivity contribution >= 4 is 34.4 Å². The molecule has 2 aliphatic heterocycles. The Morgan fingerprint density at radius 1 is 1.14 bits per heavy atom. The minimum atomic E-state index is -0.160. The molecule has 7 heteroatoms. The van der Waals surface area contributed by atoms with Gasteiger partial charge >= 0.3 is 0 Å². The second-order valence-electron chi connectivity index (χ2n) is 9.99. The highest BCUT2D eigenvalue weighted by Gasteiger charge is 2.33. The third-order valence-electron chi connectivity index (χ3n) is 7.52. The van der Waals surface area contributed by atoms with E-state index in [9.17, 15) is 9.59 Å². The lowest BCUT2D eigenvalue weighted by Gasteiger charge is -2.33. The molecular weight excluding hydrogens is 466 g/mol. The van der Waals surface area contributed by atoms with Crippen LogP contribution in [-0.4, -0.2) is 48.1 Å². The molecule has 2 amide bonds. The van der Waals surface area contributed by atoms with Crippen molar-refractivity contribution in [2.24, 2.45) is 5.92 Å². The molecule has 2 aromatic carbocycles. The molecule has 1 aromatic heterocycles. The van der Waals surface area contributed by atoms with Gasteiger partial charge in [0.25, 0.3) is 5.91 Å². The number of nitrogens with one attached hydrogen (secondary N) is 1. The van der Waals surface area contributed by atoms with Gasteiger partial charge in [0, 0.05) is 25.0 Å². The Labute approximate surface area is 216 Å². The molecule has 37 heavy (non-hydrogen) atoms. The number of benzene rings is 2. The number of hydrogen-bond acceptors (Lipinski definition) is 5. The van der Waals surface area contributed by atoms with Crippen LogP contribution in [0.3, 0.4) is 0 Å². The number of allylic oxidation sites excluding steroid dienone is 1.